The molecule has 1 aromatic heterocycles. The first-order valence-electron chi connectivity index (χ1n) is 8.13. The number of ether oxygens (including phenoxy) is 1. The number of amides is 1. The van der Waals surface area contributed by atoms with E-state index in [9.17, 15) is 18.0 Å². The Morgan fingerprint density at radius 2 is 1.93 bits per heavy atom. The van der Waals surface area contributed by atoms with Crippen molar-refractivity contribution < 1.29 is 22.7 Å². The fourth-order valence-electron chi connectivity index (χ4n) is 2.76. The summed E-state index contributed by atoms with van der Waals surface area (Å²) < 4.78 is 28.9. The van der Waals surface area contributed by atoms with Gasteiger partial charge in [0.05, 0.1) is 23.9 Å². The van der Waals surface area contributed by atoms with Crippen molar-refractivity contribution in [2.75, 3.05) is 19.4 Å². The molecule has 8 nitrogen and oxygen atoms in total. The lowest BCUT2D eigenvalue weighted by molar-refractivity contribution is -0.143. The lowest BCUT2D eigenvalue weighted by Crippen LogP contribution is -2.31. The summed E-state index contributed by atoms with van der Waals surface area (Å²) in [7, 11) is -3.80. The van der Waals surface area contributed by atoms with E-state index < -0.39 is 26.9 Å². The van der Waals surface area contributed by atoms with Crippen LogP contribution in [0.25, 0.3) is 11.3 Å². The number of sulfone groups is 1. The molecule has 0 atom stereocenters. The van der Waals surface area contributed by atoms with E-state index in [1.807, 2.05) is 0 Å². The molecule has 2 aromatic rings. The highest BCUT2D eigenvalue weighted by Gasteiger charge is 2.35. The van der Waals surface area contributed by atoms with Crippen molar-refractivity contribution in [1.82, 2.24) is 14.9 Å². The monoisotopic (exact) mass is 443 g/mol. The number of aromatic nitrogens is 2. The van der Waals surface area contributed by atoms with E-state index in [-0.39, 0.29) is 36.1 Å². The van der Waals surface area contributed by atoms with Gasteiger partial charge < -0.3 is 9.64 Å². The Morgan fingerprint density at radius 3 is 2.54 bits per heavy atom. The standard InChI is InChI=1S/C17H15Cl2N3O5S/c1-3-27-13(23)8-22-7-11-14(10-5-4-9(18)6-12(10)19)20-17(28(2,25)26)21-15(11)16(22)24/h4-6H,3,7-8H2,1-2H3. The molecule has 3 rings (SSSR count). The Hall–Kier alpha value is -2.23. The highest BCUT2D eigenvalue weighted by Crippen LogP contribution is 2.36. The Kier molecular flexibility index (Phi) is 5.60. The lowest BCUT2D eigenvalue weighted by atomic mass is 10.1. The second-order valence-corrected chi connectivity index (χ2v) is 8.80. The molecule has 0 saturated carbocycles. The largest absolute Gasteiger partial charge is 0.465 e. The van der Waals surface area contributed by atoms with Crippen LogP contribution in [0.15, 0.2) is 23.4 Å². The number of hydrogen-bond donors (Lipinski definition) is 0. The number of halogens is 2. The third kappa shape index (κ3) is 3.96. The van der Waals surface area contributed by atoms with Crippen LogP contribution in [0.5, 0.6) is 0 Å². The van der Waals surface area contributed by atoms with Gasteiger partial charge >= 0.3 is 5.97 Å². The number of carbonyl (C=O) groups is 2. The van der Waals surface area contributed by atoms with Gasteiger partial charge in [0.25, 0.3) is 5.91 Å². The summed E-state index contributed by atoms with van der Waals surface area (Å²) in [5.74, 6) is -1.16. The molecule has 1 amide bonds. The van der Waals surface area contributed by atoms with Crippen molar-refractivity contribution in [3.63, 3.8) is 0 Å². The van der Waals surface area contributed by atoms with Crippen LogP contribution in [0.3, 0.4) is 0 Å². The molecule has 0 unspecified atom stereocenters. The number of carbonyl (C=O) groups excluding carboxylic acids is 2. The van der Waals surface area contributed by atoms with E-state index in [4.69, 9.17) is 27.9 Å². The maximum atomic E-state index is 12.7. The third-order valence-corrected chi connectivity index (χ3v) is 5.36. The molecule has 0 saturated heterocycles. The first-order chi connectivity index (χ1) is 13.1. The number of hydrogen-bond acceptors (Lipinski definition) is 7. The molecule has 1 aliphatic rings. The molecule has 0 bridgehead atoms. The summed E-state index contributed by atoms with van der Waals surface area (Å²) in [6.07, 6.45) is 0.942. The van der Waals surface area contributed by atoms with E-state index in [1.54, 1.807) is 19.1 Å². The van der Waals surface area contributed by atoms with Gasteiger partial charge in [0.15, 0.2) is 0 Å². The van der Waals surface area contributed by atoms with Gasteiger partial charge in [-0.25, -0.2) is 18.4 Å². The van der Waals surface area contributed by atoms with Crippen molar-refractivity contribution in [1.29, 1.82) is 0 Å². The molecule has 1 aromatic carbocycles. The van der Waals surface area contributed by atoms with Gasteiger partial charge in [-0.1, -0.05) is 23.2 Å². The van der Waals surface area contributed by atoms with Crippen molar-refractivity contribution in [2.24, 2.45) is 0 Å². The molecule has 1 aliphatic heterocycles. The topological polar surface area (TPSA) is 107 Å². The summed E-state index contributed by atoms with van der Waals surface area (Å²) in [4.78, 5) is 33.8. The second-order valence-electron chi connectivity index (χ2n) is 6.04. The van der Waals surface area contributed by atoms with Crippen LogP contribution in [-0.4, -0.2) is 54.6 Å². The van der Waals surface area contributed by atoms with Gasteiger partial charge in [0.2, 0.25) is 15.0 Å². The van der Waals surface area contributed by atoms with E-state index in [1.165, 1.54) is 11.0 Å². The fraction of sp³-hybridized carbons (Fsp3) is 0.294. The van der Waals surface area contributed by atoms with Gasteiger partial charge in [-0.3, -0.25) is 9.59 Å². The Balaban J connectivity index is 2.15. The number of fused-ring (bicyclic) bond motifs is 1. The highest BCUT2D eigenvalue weighted by molar-refractivity contribution is 7.90. The van der Waals surface area contributed by atoms with Crippen LogP contribution >= 0.6 is 23.2 Å². The zero-order valence-electron chi connectivity index (χ0n) is 14.9. The molecular weight excluding hydrogens is 429 g/mol. The predicted molar refractivity (Wildman–Crippen MR) is 102 cm³/mol. The van der Waals surface area contributed by atoms with E-state index in [0.29, 0.717) is 16.1 Å². The zero-order valence-corrected chi connectivity index (χ0v) is 17.2. The SMILES string of the molecule is CCOC(=O)CN1Cc2c(nc(S(C)(=O)=O)nc2-c2ccc(Cl)cc2Cl)C1=O. The molecular formula is C17H15Cl2N3O5S. The number of nitrogens with zero attached hydrogens (tertiary/aromatic N) is 3. The van der Waals surface area contributed by atoms with Crippen LogP contribution in [-0.2, 0) is 25.9 Å². The zero-order chi connectivity index (χ0) is 20.6. The average molecular weight is 444 g/mol. The van der Waals surface area contributed by atoms with Gasteiger partial charge in [0, 0.05) is 22.4 Å². The van der Waals surface area contributed by atoms with E-state index in [2.05, 4.69) is 9.97 Å². The number of rotatable bonds is 5. The van der Waals surface area contributed by atoms with Crippen molar-refractivity contribution in [3.8, 4) is 11.3 Å². The van der Waals surface area contributed by atoms with Crippen LogP contribution in [0, 0.1) is 0 Å². The lowest BCUT2D eigenvalue weighted by Gasteiger charge is -2.14. The maximum Gasteiger partial charge on any atom is 0.325 e. The Labute approximate surface area is 171 Å². The smallest absolute Gasteiger partial charge is 0.325 e. The molecule has 28 heavy (non-hydrogen) atoms. The first kappa shape index (κ1) is 20.5. The predicted octanol–water partition coefficient (Wildman–Crippen LogP) is 2.37. The van der Waals surface area contributed by atoms with Gasteiger partial charge in [-0.05, 0) is 25.1 Å². The third-order valence-electron chi connectivity index (χ3n) is 3.97. The van der Waals surface area contributed by atoms with Crippen molar-refractivity contribution in [2.45, 2.75) is 18.6 Å². The Morgan fingerprint density at radius 1 is 1.25 bits per heavy atom. The quantitative estimate of drug-likeness (QED) is 0.515. The molecule has 0 fully saturated rings. The minimum absolute atomic E-state index is 0.0192. The summed E-state index contributed by atoms with van der Waals surface area (Å²) in [5, 5.41) is 0.130. The average Bonchev–Trinajstić information content (AvgIpc) is 2.90. The normalized spacial score (nSPS) is 13.6. The highest BCUT2D eigenvalue weighted by atomic mass is 35.5. The van der Waals surface area contributed by atoms with Crippen LogP contribution in [0.2, 0.25) is 10.0 Å². The summed E-state index contributed by atoms with van der Waals surface area (Å²) in [5.41, 5.74) is 0.902. The molecule has 2 heterocycles. The number of benzene rings is 1. The molecule has 11 heteroatoms. The van der Waals surface area contributed by atoms with Gasteiger partial charge in [-0.2, -0.15) is 0 Å². The van der Waals surface area contributed by atoms with Crippen LogP contribution in [0.4, 0.5) is 0 Å². The van der Waals surface area contributed by atoms with Crippen LogP contribution in [0.1, 0.15) is 23.0 Å². The maximum absolute atomic E-state index is 12.7. The van der Waals surface area contributed by atoms with Gasteiger partial charge in [-0.15, -0.1) is 0 Å². The summed E-state index contributed by atoms with van der Waals surface area (Å²) in [6, 6.07) is 4.64. The molecule has 0 spiro atoms. The van der Waals surface area contributed by atoms with E-state index in [0.717, 1.165) is 6.26 Å². The molecule has 0 N–H and O–H groups in total. The van der Waals surface area contributed by atoms with E-state index >= 15 is 0 Å². The van der Waals surface area contributed by atoms with Crippen LogP contribution < -0.4 is 0 Å². The minimum atomic E-state index is -3.80. The summed E-state index contributed by atoms with van der Waals surface area (Å²) in [6.45, 7) is 1.57. The molecule has 148 valence electrons. The van der Waals surface area contributed by atoms with Gasteiger partial charge in [0.1, 0.15) is 12.2 Å². The molecule has 0 radical (unpaired) electrons. The minimum Gasteiger partial charge on any atom is -0.465 e. The second kappa shape index (κ2) is 7.65. The summed E-state index contributed by atoms with van der Waals surface area (Å²) >= 11 is 12.2. The number of esters is 1. The first-order valence-corrected chi connectivity index (χ1v) is 10.8. The van der Waals surface area contributed by atoms with Crippen molar-refractivity contribution in [3.05, 3.63) is 39.5 Å². The Bertz CT molecular complexity index is 1090. The molecule has 0 aliphatic carbocycles. The van der Waals surface area contributed by atoms with Crippen molar-refractivity contribution >= 4 is 44.9 Å². The fourth-order valence-corrected chi connectivity index (χ4v) is 3.78.